The molecule has 2 atom stereocenters. The zero-order valence-electron chi connectivity index (χ0n) is 9.66. The second-order valence-electron chi connectivity index (χ2n) is 4.02. The average molecular weight is 214 g/mol. The Morgan fingerprint density at radius 3 is 2.53 bits per heavy atom. The van der Waals surface area contributed by atoms with Crippen LogP contribution in [-0.4, -0.2) is 29.6 Å². The van der Waals surface area contributed by atoms with Gasteiger partial charge in [-0.05, 0) is 32.8 Å². The average Bonchev–Trinajstić information content (AvgIpc) is 2.59. The van der Waals surface area contributed by atoms with Gasteiger partial charge in [-0.15, -0.1) is 0 Å². The van der Waals surface area contributed by atoms with Crippen LogP contribution >= 0.6 is 0 Å². The Morgan fingerprint density at radius 2 is 2.13 bits per heavy atom. The molecule has 4 heteroatoms. The van der Waals surface area contributed by atoms with Crippen LogP contribution in [0.2, 0.25) is 0 Å². The maximum atomic E-state index is 10.8. The molecule has 1 fully saturated rings. The lowest BCUT2D eigenvalue weighted by Gasteiger charge is -2.21. The summed E-state index contributed by atoms with van der Waals surface area (Å²) < 4.78 is 11.2. The van der Waals surface area contributed by atoms with E-state index in [9.17, 15) is 4.79 Å². The molecule has 0 aromatic rings. The maximum Gasteiger partial charge on any atom is 0.331 e. The van der Waals surface area contributed by atoms with E-state index < -0.39 is 11.8 Å². The van der Waals surface area contributed by atoms with Gasteiger partial charge in [-0.3, -0.25) is 0 Å². The first-order valence-electron chi connectivity index (χ1n) is 5.12. The van der Waals surface area contributed by atoms with E-state index in [4.69, 9.17) is 14.6 Å². The third-order valence-electron chi connectivity index (χ3n) is 2.97. The number of hydrogen-bond donors (Lipinski definition) is 1. The number of hydrogen-bond acceptors (Lipinski definition) is 3. The molecule has 0 aromatic carbocycles. The van der Waals surface area contributed by atoms with Crippen molar-refractivity contribution in [2.45, 2.75) is 46.0 Å². The summed E-state index contributed by atoms with van der Waals surface area (Å²) in [7, 11) is 0. The van der Waals surface area contributed by atoms with Gasteiger partial charge in [0, 0.05) is 5.57 Å². The highest BCUT2D eigenvalue weighted by Crippen LogP contribution is 2.30. The van der Waals surface area contributed by atoms with Crippen LogP contribution in [-0.2, 0) is 14.3 Å². The van der Waals surface area contributed by atoms with Gasteiger partial charge >= 0.3 is 5.97 Å². The highest BCUT2D eigenvalue weighted by atomic mass is 16.7. The number of carbonyl (C=O) groups is 1. The van der Waals surface area contributed by atoms with Crippen molar-refractivity contribution in [1.82, 2.24) is 0 Å². The lowest BCUT2D eigenvalue weighted by molar-refractivity contribution is -0.151. The van der Waals surface area contributed by atoms with Crippen molar-refractivity contribution in [3.63, 3.8) is 0 Å². The number of rotatable bonds is 3. The fourth-order valence-corrected chi connectivity index (χ4v) is 1.43. The fraction of sp³-hybridized carbons (Fsp3) is 0.727. The number of ether oxygens (including phenoxy) is 2. The molecule has 15 heavy (non-hydrogen) atoms. The Balaban J connectivity index is 2.77. The van der Waals surface area contributed by atoms with Crippen LogP contribution in [0.3, 0.4) is 0 Å². The Kier molecular flexibility index (Phi) is 3.52. The van der Waals surface area contributed by atoms with Gasteiger partial charge in [0.1, 0.15) is 6.10 Å². The van der Waals surface area contributed by atoms with E-state index in [0.717, 1.165) is 12.0 Å². The van der Waals surface area contributed by atoms with E-state index in [1.807, 2.05) is 13.8 Å². The predicted octanol–water partition coefficient (Wildman–Crippen LogP) is 1.95. The minimum atomic E-state index is -0.902. The number of carboxylic acid groups (broad SMARTS) is 1. The molecule has 1 N–H and O–H groups in total. The molecule has 86 valence electrons. The lowest BCUT2D eigenvalue weighted by Crippen LogP contribution is -2.26. The summed E-state index contributed by atoms with van der Waals surface area (Å²) in [6.45, 7) is 7.64. The molecular weight excluding hydrogens is 196 g/mol. The molecule has 1 aliphatic heterocycles. The van der Waals surface area contributed by atoms with Crippen LogP contribution in [0.25, 0.3) is 0 Å². The smallest absolute Gasteiger partial charge is 0.331 e. The van der Waals surface area contributed by atoms with Gasteiger partial charge in [-0.1, -0.05) is 6.92 Å². The van der Waals surface area contributed by atoms with Crippen LogP contribution in [0.1, 0.15) is 34.1 Å². The summed E-state index contributed by atoms with van der Waals surface area (Å²) in [6, 6.07) is 0. The van der Waals surface area contributed by atoms with Gasteiger partial charge in [0.05, 0.1) is 6.61 Å². The predicted molar refractivity (Wildman–Crippen MR) is 55.5 cm³/mol. The van der Waals surface area contributed by atoms with Crippen LogP contribution in [0.5, 0.6) is 0 Å². The Bertz CT molecular complexity index is 295. The van der Waals surface area contributed by atoms with E-state index in [1.165, 1.54) is 0 Å². The molecule has 2 unspecified atom stereocenters. The van der Waals surface area contributed by atoms with E-state index in [2.05, 4.69) is 0 Å². The zero-order chi connectivity index (χ0) is 11.6. The Labute approximate surface area is 89.9 Å². The van der Waals surface area contributed by atoms with Crippen LogP contribution in [0, 0.1) is 0 Å². The summed E-state index contributed by atoms with van der Waals surface area (Å²) in [6.07, 6.45) is 0.522. The molecule has 0 bridgehead atoms. The van der Waals surface area contributed by atoms with Gasteiger partial charge < -0.3 is 14.6 Å². The Hall–Kier alpha value is -0.870. The zero-order valence-corrected chi connectivity index (χ0v) is 9.66. The molecule has 0 amide bonds. The van der Waals surface area contributed by atoms with E-state index in [-0.39, 0.29) is 6.10 Å². The quantitative estimate of drug-likeness (QED) is 0.729. The minimum Gasteiger partial charge on any atom is -0.478 e. The van der Waals surface area contributed by atoms with Gasteiger partial charge in [0.25, 0.3) is 0 Å². The standard InChI is InChI=1S/C11H18O4/c1-5-11(4)14-6-9(15-11)7(2)8(3)10(12)13/h9H,5-6H2,1-4H3,(H,12,13). The van der Waals surface area contributed by atoms with Crippen LogP contribution in [0.4, 0.5) is 0 Å². The summed E-state index contributed by atoms with van der Waals surface area (Å²) in [5, 5.41) is 8.85. The van der Waals surface area contributed by atoms with Crippen LogP contribution < -0.4 is 0 Å². The fourth-order valence-electron chi connectivity index (χ4n) is 1.43. The molecule has 1 saturated heterocycles. The molecule has 1 heterocycles. The van der Waals surface area contributed by atoms with E-state index in [0.29, 0.717) is 12.2 Å². The van der Waals surface area contributed by atoms with E-state index in [1.54, 1.807) is 13.8 Å². The largest absolute Gasteiger partial charge is 0.478 e. The molecule has 0 aliphatic carbocycles. The molecule has 4 nitrogen and oxygen atoms in total. The number of aliphatic carboxylic acids is 1. The second kappa shape index (κ2) is 4.33. The van der Waals surface area contributed by atoms with Crippen molar-refractivity contribution < 1.29 is 19.4 Å². The summed E-state index contributed by atoms with van der Waals surface area (Å²) in [5.74, 6) is -1.47. The minimum absolute atomic E-state index is 0.231. The topological polar surface area (TPSA) is 55.8 Å². The second-order valence-corrected chi connectivity index (χ2v) is 4.02. The van der Waals surface area contributed by atoms with Gasteiger partial charge in [-0.25, -0.2) is 4.79 Å². The third kappa shape index (κ3) is 2.58. The molecule has 0 spiro atoms. The van der Waals surface area contributed by atoms with Crippen molar-refractivity contribution in [3.05, 3.63) is 11.1 Å². The maximum absolute atomic E-state index is 10.8. The van der Waals surface area contributed by atoms with E-state index >= 15 is 0 Å². The first-order chi connectivity index (χ1) is 6.89. The van der Waals surface area contributed by atoms with Crippen molar-refractivity contribution in [2.75, 3.05) is 6.61 Å². The first-order valence-corrected chi connectivity index (χ1v) is 5.12. The third-order valence-corrected chi connectivity index (χ3v) is 2.97. The summed E-state index contributed by atoms with van der Waals surface area (Å²) >= 11 is 0. The molecule has 0 aromatic heterocycles. The van der Waals surface area contributed by atoms with Gasteiger partial charge in [-0.2, -0.15) is 0 Å². The lowest BCUT2D eigenvalue weighted by atomic mass is 10.1. The molecule has 1 aliphatic rings. The Morgan fingerprint density at radius 1 is 1.53 bits per heavy atom. The van der Waals surface area contributed by atoms with Crippen molar-refractivity contribution in [1.29, 1.82) is 0 Å². The highest BCUT2D eigenvalue weighted by molar-refractivity contribution is 5.86. The number of carboxylic acids is 1. The van der Waals surface area contributed by atoms with Gasteiger partial charge in [0.2, 0.25) is 0 Å². The molecule has 1 rings (SSSR count). The van der Waals surface area contributed by atoms with Gasteiger partial charge in [0.15, 0.2) is 5.79 Å². The monoisotopic (exact) mass is 214 g/mol. The summed E-state index contributed by atoms with van der Waals surface area (Å²) in [4.78, 5) is 10.8. The van der Waals surface area contributed by atoms with Crippen molar-refractivity contribution in [3.8, 4) is 0 Å². The SMILES string of the molecule is CCC1(C)OCC(C(C)=C(C)C(=O)O)O1. The molecular formula is C11H18O4. The van der Waals surface area contributed by atoms with Crippen LogP contribution in [0.15, 0.2) is 11.1 Å². The molecule has 0 saturated carbocycles. The highest BCUT2D eigenvalue weighted by Gasteiger charge is 2.36. The molecule has 0 radical (unpaired) electrons. The van der Waals surface area contributed by atoms with Crippen molar-refractivity contribution in [2.24, 2.45) is 0 Å². The first kappa shape index (κ1) is 12.2. The summed E-state index contributed by atoms with van der Waals surface area (Å²) in [5.41, 5.74) is 1.07. The van der Waals surface area contributed by atoms with Crippen molar-refractivity contribution >= 4 is 5.97 Å². The normalized spacial score (nSPS) is 32.7.